The Kier molecular flexibility index (Phi) is 2.93. The molecule has 1 rings (SSSR count). The van der Waals surface area contributed by atoms with Crippen LogP contribution in [0.2, 0.25) is 0 Å². The zero-order valence-corrected chi connectivity index (χ0v) is 9.35. The summed E-state index contributed by atoms with van der Waals surface area (Å²) in [6, 6.07) is 2.86. The summed E-state index contributed by atoms with van der Waals surface area (Å²) >= 11 is 0. The number of hydrogen-bond donors (Lipinski definition) is 1. The summed E-state index contributed by atoms with van der Waals surface area (Å²) in [6.07, 6.45) is 0. The van der Waals surface area contributed by atoms with Crippen LogP contribution in [0, 0.1) is 15.0 Å². The van der Waals surface area contributed by atoms with Crippen LogP contribution in [0.1, 0.15) is 26.3 Å². The maximum absolute atomic E-state index is 10.8. The van der Waals surface area contributed by atoms with E-state index in [4.69, 9.17) is 5.73 Å². The first-order valence-corrected chi connectivity index (χ1v) is 4.69. The number of hydrogen-bond acceptors (Lipinski definition) is 5. The first-order valence-electron chi connectivity index (χ1n) is 4.69. The highest BCUT2D eigenvalue weighted by molar-refractivity contribution is 5.75. The van der Waals surface area contributed by atoms with Gasteiger partial charge in [-0.2, -0.15) is 0 Å². The van der Waals surface area contributed by atoms with E-state index < -0.39 is 4.92 Å². The molecule has 0 saturated carbocycles. The summed E-state index contributed by atoms with van der Waals surface area (Å²) in [5.74, 6) is 0. The van der Waals surface area contributed by atoms with E-state index in [0.29, 0.717) is 5.56 Å². The van der Waals surface area contributed by atoms with Gasteiger partial charge in [0.05, 0.1) is 4.92 Å². The van der Waals surface area contributed by atoms with E-state index in [0.717, 1.165) is 0 Å². The first-order chi connectivity index (χ1) is 7.27. The van der Waals surface area contributed by atoms with E-state index in [1.54, 1.807) is 0 Å². The fraction of sp³-hybridized carbons (Fsp3) is 0.400. The van der Waals surface area contributed by atoms with Crippen LogP contribution in [0.15, 0.2) is 17.3 Å². The minimum atomic E-state index is -0.612. The second-order valence-corrected chi connectivity index (χ2v) is 4.53. The molecular formula is C10H13N3O3. The SMILES string of the molecule is CC(C)(C)c1cc(N=O)c(N)c([N+](=O)[O-])c1. The minimum Gasteiger partial charge on any atom is -0.391 e. The first kappa shape index (κ1) is 12.1. The Bertz CT molecular complexity index is 449. The van der Waals surface area contributed by atoms with Crippen molar-refractivity contribution in [3.8, 4) is 0 Å². The highest BCUT2D eigenvalue weighted by Crippen LogP contribution is 2.37. The van der Waals surface area contributed by atoms with Crippen molar-refractivity contribution in [1.29, 1.82) is 0 Å². The summed E-state index contributed by atoms with van der Waals surface area (Å²) in [6.45, 7) is 5.66. The standard InChI is InChI=1S/C10H13N3O3/c1-10(2,3)6-4-7(12-14)9(11)8(5-6)13(15)16/h4-5H,11H2,1-3H3. The van der Waals surface area contributed by atoms with Gasteiger partial charge in [-0.15, -0.1) is 4.91 Å². The summed E-state index contributed by atoms with van der Waals surface area (Å²) in [5.41, 5.74) is 5.27. The number of benzene rings is 1. The smallest absolute Gasteiger partial charge is 0.294 e. The van der Waals surface area contributed by atoms with Crippen molar-refractivity contribution in [3.63, 3.8) is 0 Å². The average Bonchev–Trinajstić information content (AvgIpc) is 2.15. The average molecular weight is 223 g/mol. The molecular weight excluding hydrogens is 210 g/mol. The minimum absolute atomic E-state index is 0.0841. The van der Waals surface area contributed by atoms with Crippen molar-refractivity contribution in [1.82, 2.24) is 0 Å². The lowest BCUT2D eigenvalue weighted by molar-refractivity contribution is -0.383. The van der Waals surface area contributed by atoms with Crippen LogP contribution < -0.4 is 5.73 Å². The summed E-state index contributed by atoms with van der Waals surface area (Å²) in [7, 11) is 0. The van der Waals surface area contributed by atoms with E-state index in [2.05, 4.69) is 5.18 Å². The van der Waals surface area contributed by atoms with Crippen LogP contribution in [0.3, 0.4) is 0 Å². The Labute approximate surface area is 92.6 Å². The maximum atomic E-state index is 10.8. The van der Waals surface area contributed by atoms with Crippen LogP contribution in [0.4, 0.5) is 17.1 Å². The molecule has 0 aromatic heterocycles. The molecule has 6 heteroatoms. The summed E-state index contributed by atoms with van der Waals surface area (Å²) < 4.78 is 0. The number of nitrogens with zero attached hydrogens (tertiary/aromatic N) is 2. The van der Waals surface area contributed by atoms with Gasteiger partial charge in [0.25, 0.3) is 5.69 Å². The van der Waals surface area contributed by atoms with Gasteiger partial charge < -0.3 is 5.73 Å². The zero-order valence-electron chi connectivity index (χ0n) is 9.35. The predicted molar refractivity (Wildman–Crippen MR) is 61.7 cm³/mol. The van der Waals surface area contributed by atoms with Crippen LogP contribution in [0.5, 0.6) is 0 Å². The highest BCUT2D eigenvalue weighted by atomic mass is 16.6. The molecule has 0 unspecified atom stereocenters. The molecule has 0 aliphatic heterocycles. The van der Waals surface area contributed by atoms with Crippen molar-refractivity contribution in [2.75, 3.05) is 5.73 Å². The number of anilines is 1. The fourth-order valence-corrected chi connectivity index (χ4v) is 1.28. The Hall–Kier alpha value is -1.98. The second kappa shape index (κ2) is 3.88. The van der Waals surface area contributed by atoms with Crippen LogP contribution in [-0.4, -0.2) is 4.92 Å². The molecule has 0 atom stereocenters. The van der Waals surface area contributed by atoms with Gasteiger partial charge in [-0.3, -0.25) is 10.1 Å². The van der Waals surface area contributed by atoms with Gasteiger partial charge in [-0.25, -0.2) is 0 Å². The number of nitroso groups, excluding NO2 is 1. The zero-order chi connectivity index (χ0) is 12.5. The Morgan fingerprint density at radius 2 is 1.94 bits per heavy atom. The molecule has 0 bridgehead atoms. The van der Waals surface area contributed by atoms with E-state index in [9.17, 15) is 15.0 Å². The third-order valence-corrected chi connectivity index (χ3v) is 2.30. The third-order valence-electron chi connectivity index (χ3n) is 2.30. The second-order valence-electron chi connectivity index (χ2n) is 4.53. The largest absolute Gasteiger partial charge is 0.391 e. The van der Waals surface area contributed by atoms with Crippen molar-refractivity contribution in [2.45, 2.75) is 26.2 Å². The van der Waals surface area contributed by atoms with Gasteiger partial charge in [0.15, 0.2) is 0 Å². The van der Waals surface area contributed by atoms with Crippen molar-refractivity contribution in [2.24, 2.45) is 5.18 Å². The molecule has 86 valence electrons. The number of nitro groups is 1. The maximum Gasteiger partial charge on any atom is 0.294 e. The van der Waals surface area contributed by atoms with Gasteiger partial charge in [0, 0.05) is 6.07 Å². The van der Waals surface area contributed by atoms with Gasteiger partial charge in [0.2, 0.25) is 0 Å². The third kappa shape index (κ3) is 2.16. The molecule has 1 aromatic rings. The Morgan fingerprint density at radius 3 is 2.31 bits per heavy atom. The molecule has 0 heterocycles. The molecule has 0 aliphatic rings. The van der Waals surface area contributed by atoms with E-state index in [1.807, 2.05) is 20.8 Å². The molecule has 0 fully saturated rings. The van der Waals surface area contributed by atoms with E-state index in [1.165, 1.54) is 12.1 Å². The molecule has 6 nitrogen and oxygen atoms in total. The van der Waals surface area contributed by atoms with Gasteiger partial charge >= 0.3 is 0 Å². The number of nitrogens with two attached hydrogens (primary N) is 1. The quantitative estimate of drug-likeness (QED) is 0.360. The van der Waals surface area contributed by atoms with Crippen LogP contribution in [-0.2, 0) is 5.41 Å². The Balaban J connectivity index is 3.52. The summed E-state index contributed by atoms with van der Waals surface area (Å²) in [4.78, 5) is 20.7. The molecule has 0 radical (unpaired) electrons. The monoisotopic (exact) mass is 223 g/mol. The van der Waals surface area contributed by atoms with Gasteiger partial charge in [-0.05, 0) is 22.2 Å². The topological polar surface area (TPSA) is 98.6 Å². The van der Waals surface area contributed by atoms with Gasteiger partial charge in [0.1, 0.15) is 11.4 Å². The van der Waals surface area contributed by atoms with Crippen molar-refractivity contribution >= 4 is 17.1 Å². The summed E-state index contributed by atoms with van der Waals surface area (Å²) in [5, 5.41) is 13.5. The molecule has 0 saturated heterocycles. The molecule has 2 N–H and O–H groups in total. The number of nitrogen functional groups attached to an aromatic ring is 1. The van der Waals surface area contributed by atoms with E-state index in [-0.39, 0.29) is 22.5 Å². The molecule has 0 spiro atoms. The molecule has 0 aliphatic carbocycles. The predicted octanol–water partition coefficient (Wildman–Crippen LogP) is 2.87. The highest BCUT2D eigenvalue weighted by Gasteiger charge is 2.23. The molecule has 16 heavy (non-hydrogen) atoms. The number of nitro benzene ring substituents is 1. The lowest BCUT2D eigenvalue weighted by atomic mass is 9.86. The lowest BCUT2D eigenvalue weighted by Gasteiger charge is -2.19. The molecule has 0 amide bonds. The fourth-order valence-electron chi connectivity index (χ4n) is 1.28. The molecule has 1 aromatic carbocycles. The van der Waals surface area contributed by atoms with Crippen LogP contribution >= 0.6 is 0 Å². The van der Waals surface area contributed by atoms with Crippen LogP contribution in [0.25, 0.3) is 0 Å². The van der Waals surface area contributed by atoms with Gasteiger partial charge in [-0.1, -0.05) is 20.8 Å². The van der Waals surface area contributed by atoms with Crippen molar-refractivity contribution in [3.05, 3.63) is 32.7 Å². The van der Waals surface area contributed by atoms with E-state index >= 15 is 0 Å². The van der Waals surface area contributed by atoms with Crippen molar-refractivity contribution < 1.29 is 4.92 Å². The Morgan fingerprint density at radius 1 is 1.38 bits per heavy atom. The number of rotatable bonds is 2. The normalized spacial score (nSPS) is 11.2. The lowest BCUT2D eigenvalue weighted by Crippen LogP contribution is -2.12.